The summed E-state index contributed by atoms with van der Waals surface area (Å²) in [6, 6.07) is 3.56. The van der Waals surface area contributed by atoms with Gasteiger partial charge in [-0.25, -0.2) is 0 Å². The summed E-state index contributed by atoms with van der Waals surface area (Å²) in [6.45, 7) is 2.61. The number of carbonyl (C=O) groups is 1. The molecule has 0 spiro atoms. The quantitative estimate of drug-likeness (QED) is 0.685. The van der Waals surface area contributed by atoms with E-state index in [0.29, 0.717) is 5.69 Å². The summed E-state index contributed by atoms with van der Waals surface area (Å²) < 4.78 is 62.0. The van der Waals surface area contributed by atoms with Crippen LogP contribution in [0.25, 0.3) is 0 Å². The molecule has 0 unspecified atom stereocenters. The molecule has 19 heavy (non-hydrogen) atoms. The van der Waals surface area contributed by atoms with Crippen LogP contribution in [0.15, 0.2) is 18.2 Å². The molecule has 106 valence electrons. The molecular weight excluding hydrogens is 287 g/mol. The lowest BCUT2D eigenvalue weighted by Crippen LogP contribution is -2.28. The van der Waals surface area contributed by atoms with Gasteiger partial charge in [-0.1, -0.05) is 0 Å². The predicted octanol–water partition coefficient (Wildman–Crippen LogP) is 2.18. The van der Waals surface area contributed by atoms with E-state index in [9.17, 15) is 26.4 Å². The largest absolute Gasteiger partial charge is 0.534 e. The van der Waals surface area contributed by atoms with E-state index >= 15 is 0 Å². The Balaban J connectivity index is 3.02. The highest BCUT2D eigenvalue weighted by Crippen LogP contribution is 2.29. The second kappa shape index (κ2) is 5.08. The Morgan fingerprint density at radius 2 is 1.89 bits per heavy atom. The fraction of sp³-hybridized carbons (Fsp3) is 0.300. The van der Waals surface area contributed by atoms with Crippen molar-refractivity contribution in [1.82, 2.24) is 0 Å². The fourth-order valence-electron chi connectivity index (χ4n) is 1.19. The first-order valence-electron chi connectivity index (χ1n) is 4.92. The highest BCUT2D eigenvalue weighted by Gasteiger charge is 2.48. The van der Waals surface area contributed by atoms with Gasteiger partial charge < -0.3 is 9.50 Å². The average molecular weight is 297 g/mol. The van der Waals surface area contributed by atoms with Gasteiger partial charge in [0, 0.05) is 12.6 Å². The Bertz CT molecular complexity index is 595. The van der Waals surface area contributed by atoms with Crippen molar-refractivity contribution in [1.29, 1.82) is 0 Å². The van der Waals surface area contributed by atoms with Crippen LogP contribution >= 0.6 is 0 Å². The van der Waals surface area contributed by atoms with Crippen molar-refractivity contribution in [3.05, 3.63) is 23.8 Å². The molecule has 0 aromatic heterocycles. The van der Waals surface area contributed by atoms with Gasteiger partial charge >= 0.3 is 15.6 Å². The van der Waals surface area contributed by atoms with E-state index in [2.05, 4.69) is 9.50 Å². The van der Waals surface area contributed by atoms with E-state index in [1.54, 1.807) is 0 Å². The third kappa shape index (κ3) is 3.85. The van der Waals surface area contributed by atoms with Gasteiger partial charge in [-0.3, -0.25) is 4.79 Å². The number of hydrogen-bond donors (Lipinski definition) is 1. The smallest absolute Gasteiger partial charge is 0.376 e. The van der Waals surface area contributed by atoms with E-state index in [-0.39, 0.29) is 11.5 Å². The van der Waals surface area contributed by atoms with Gasteiger partial charge in [-0.05, 0) is 30.7 Å². The standard InChI is InChI=1S/C10H10F3NO4S/c1-6-5-8(14-7(2)15)3-4-9(6)18-19(16,17)10(11,12)13/h3-5H,1-2H3,(H,14,15). The predicted molar refractivity (Wildman–Crippen MR) is 61.1 cm³/mol. The maximum absolute atomic E-state index is 12.1. The molecule has 9 heteroatoms. The molecule has 0 radical (unpaired) electrons. The Morgan fingerprint density at radius 1 is 1.32 bits per heavy atom. The Hall–Kier alpha value is -1.77. The number of benzene rings is 1. The highest BCUT2D eigenvalue weighted by atomic mass is 32.2. The number of carbonyl (C=O) groups excluding carboxylic acids is 1. The molecule has 5 nitrogen and oxygen atoms in total. The van der Waals surface area contributed by atoms with Crippen LogP contribution in [0.1, 0.15) is 12.5 Å². The minimum absolute atomic E-state index is 0.138. The summed E-state index contributed by atoms with van der Waals surface area (Å²) in [4.78, 5) is 10.8. The van der Waals surface area contributed by atoms with Crippen LogP contribution in [0.5, 0.6) is 5.75 Å². The first kappa shape index (κ1) is 15.3. The van der Waals surface area contributed by atoms with Crippen LogP contribution in [0, 0.1) is 6.92 Å². The third-order valence-corrected chi connectivity index (χ3v) is 2.94. The van der Waals surface area contributed by atoms with Crippen molar-refractivity contribution >= 4 is 21.7 Å². The van der Waals surface area contributed by atoms with Crippen LogP contribution in [0.2, 0.25) is 0 Å². The number of nitrogens with one attached hydrogen (secondary N) is 1. The monoisotopic (exact) mass is 297 g/mol. The van der Waals surface area contributed by atoms with Crippen molar-refractivity contribution in [2.45, 2.75) is 19.4 Å². The summed E-state index contributed by atoms with van der Waals surface area (Å²) in [5, 5.41) is 2.40. The van der Waals surface area contributed by atoms with Gasteiger partial charge in [0.2, 0.25) is 5.91 Å². The van der Waals surface area contributed by atoms with Crippen molar-refractivity contribution in [2.75, 3.05) is 5.32 Å². The number of halogens is 3. The van der Waals surface area contributed by atoms with Crippen LogP contribution in [0.4, 0.5) is 18.9 Å². The number of alkyl halides is 3. The normalized spacial score (nSPS) is 12.1. The minimum Gasteiger partial charge on any atom is -0.376 e. The number of hydrogen-bond acceptors (Lipinski definition) is 4. The summed E-state index contributed by atoms with van der Waals surface area (Å²) in [6.07, 6.45) is 0. The lowest BCUT2D eigenvalue weighted by Gasteiger charge is -2.12. The van der Waals surface area contributed by atoms with Crippen molar-refractivity contribution < 1.29 is 30.6 Å². The molecule has 0 saturated carbocycles. The van der Waals surface area contributed by atoms with Crippen LogP contribution < -0.4 is 9.50 Å². The lowest BCUT2D eigenvalue weighted by molar-refractivity contribution is -0.114. The Labute approximate surface area is 107 Å². The molecule has 0 heterocycles. The maximum atomic E-state index is 12.1. The molecule has 0 aliphatic carbocycles. The second-order valence-electron chi connectivity index (χ2n) is 3.64. The molecule has 0 aliphatic rings. The molecule has 1 aromatic carbocycles. The van der Waals surface area contributed by atoms with Crippen LogP contribution in [-0.4, -0.2) is 19.8 Å². The minimum atomic E-state index is -5.70. The molecule has 1 rings (SSSR count). The van der Waals surface area contributed by atoms with E-state index in [1.165, 1.54) is 26.0 Å². The molecule has 1 N–H and O–H groups in total. The first-order valence-corrected chi connectivity index (χ1v) is 6.33. The number of amides is 1. The van der Waals surface area contributed by atoms with Gasteiger partial charge in [0.05, 0.1) is 0 Å². The van der Waals surface area contributed by atoms with Gasteiger partial charge in [0.15, 0.2) is 0 Å². The SMILES string of the molecule is CC(=O)Nc1ccc(OS(=O)(=O)C(F)(F)F)c(C)c1. The highest BCUT2D eigenvalue weighted by molar-refractivity contribution is 7.88. The summed E-state index contributed by atoms with van der Waals surface area (Å²) in [7, 11) is -5.70. The molecule has 0 saturated heterocycles. The maximum Gasteiger partial charge on any atom is 0.534 e. The summed E-state index contributed by atoms with van der Waals surface area (Å²) in [5.74, 6) is -0.817. The van der Waals surface area contributed by atoms with E-state index in [4.69, 9.17) is 0 Å². The van der Waals surface area contributed by atoms with E-state index in [0.717, 1.165) is 6.07 Å². The molecule has 0 fully saturated rings. The van der Waals surface area contributed by atoms with E-state index < -0.39 is 21.4 Å². The molecule has 0 atom stereocenters. The van der Waals surface area contributed by atoms with Gasteiger partial charge in [0.25, 0.3) is 0 Å². The van der Waals surface area contributed by atoms with Crippen molar-refractivity contribution in [3.8, 4) is 5.75 Å². The molecule has 0 bridgehead atoms. The molecule has 0 aliphatic heterocycles. The Kier molecular flexibility index (Phi) is 4.09. The van der Waals surface area contributed by atoms with Crippen LogP contribution in [-0.2, 0) is 14.9 Å². The van der Waals surface area contributed by atoms with Gasteiger partial charge in [0.1, 0.15) is 5.75 Å². The topological polar surface area (TPSA) is 72.5 Å². The average Bonchev–Trinajstić information content (AvgIpc) is 2.19. The lowest BCUT2D eigenvalue weighted by atomic mass is 10.2. The first-order chi connectivity index (χ1) is 8.53. The summed E-state index contributed by atoms with van der Waals surface area (Å²) >= 11 is 0. The van der Waals surface area contributed by atoms with Gasteiger partial charge in [-0.2, -0.15) is 21.6 Å². The Morgan fingerprint density at radius 3 is 2.32 bits per heavy atom. The summed E-state index contributed by atoms with van der Waals surface area (Å²) in [5.41, 5.74) is -5.03. The molecule has 1 aromatic rings. The zero-order valence-corrected chi connectivity index (χ0v) is 10.7. The third-order valence-electron chi connectivity index (χ3n) is 1.98. The van der Waals surface area contributed by atoms with E-state index in [1.807, 2.05) is 0 Å². The van der Waals surface area contributed by atoms with Gasteiger partial charge in [-0.15, -0.1) is 0 Å². The number of anilines is 1. The number of aryl methyl sites for hydroxylation is 1. The van der Waals surface area contributed by atoms with Crippen molar-refractivity contribution in [3.63, 3.8) is 0 Å². The van der Waals surface area contributed by atoms with Crippen molar-refractivity contribution in [2.24, 2.45) is 0 Å². The zero-order chi connectivity index (χ0) is 14.8. The fourth-order valence-corrected chi connectivity index (χ4v) is 1.71. The molecule has 1 amide bonds. The second-order valence-corrected chi connectivity index (χ2v) is 5.18. The molecular formula is C10H10F3NO4S. The number of rotatable bonds is 3. The zero-order valence-electron chi connectivity index (χ0n) is 9.91. The van der Waals surface area contributed by atoms with Crippen LogP contribution in [0.3, 0.4) is 0 Å².